The minimum atomic E-state index is -0.209. The lowest BCUT2D eigenvalue weighted by Crippen LogP contribution is -2.51. The number of hydrogen-bond donors (Lipinski definition) is 2. The van der Waals surface area contributed by atoms with E-state index in [4.69, 9.17) is 9.84 Å². The van der Waals surface area contributed by atoms with Crippen molar-refractivity contribution in [1.29, 1.82) is 0 Å². The zero-order valence-electron chi connectivity index (χ0n) is 9.42. The zero-order valence-corrected chi connectivity index (χ0v) is 9.42. The van der Waals surface area contributed by atoms with Crippen LogP contribution in [0.1, 0.15) is 13.8 Å². The highest BCUT2D eigenvalue weighted by molar-refractivity contribution is 4.80. The average molecular weight is 202 g/mol. The quantitative estimate of drug-likeness (QED) is 0.656. The number of hydrogen-bond acceptors (Lipinski definition) is 4. The van der Waals surface area contributed by atoms with E-state index in [9.17, 15) is 0 Å². The van der Waals surface area contributed by atoms with Crippen LogP contribution in [0.5, 0.6) is 0 Å². The van der Waals surface area contributed by atoms with E-state index in [2.05, 4.69) is 17.3 Å². The molecular formula is C10H22N2O2. The Labute approximate surface area is 86.2 Å². The van der Waals surface area contributed by atoms with E-state index in [1.165, 1.54) is 0 Å². The minimum Gasteiger partial charge on any atom is -0.394 e. The van der Waals surface area contributed by atoms with Gasteiger partial charge in [-0.25, -0.2) is 0 Å². The number of ether oxygens (including phenoxy) is 1. The smallest absolute Gasteiger partial charge is 0.0826 e. The summed E-state index contributed by atoms with van der Waals surface area (Å²) in [5, 5.41) is 12.4. The fraction of sp³-hybridized carbons (Fsp3) is 1.00. The number of rotatable bonds is 4. The van der Waals surface area contributed by atoms with Crippen LogP contribution in [0.2, 0.25) is 0 Å². The predicted molar refractivity (Wildman–Crippen MR) is 56.4 cm³/mol. The Morgan fingerprint density at radius 3 is 2.86 bits per heavy atom. The molecule has 1 heterocycles. The van der Waals surface area contributed by atoms with Gasteiger partial charge in [0.15, 0.2) is 0 Å². The lowest BCUT2D eigenvalue weighted by atomic mass is 10.1. The molecule has 1 fully saturated rings. The molecular weight excluding hydrogens is 180 g/mol. The largest absolute Gasteiger partial charge is 0.394 e. The maximum Gasteiger partial charge on any atom is 0.0826 e. The highest BCUT2D eigenvalue weighted by Gasteiger charge is 2.21. The maximum absolute atomic E-state index is 9.06. The van der Waals surface area contributed by atoms with E-state index >= 15 is 0 Å². The van der Waals surface area contributed by atoms with Crippen molar-refractivity contribution in [2.24, 2.45) is 0 Å². The summed E-state index contributed by atoms with van der Waals surface area (Å²) in [4.78, 5) is 2.27. The second-order valence-electron chi connectivity index (χ2n) is 4.68. The Kier molecular flexibility index (Phi) is 4.31. The van der Waals surface area contributed by atoms with E-state index in [1.54, 1.807) is 0 Å². The van der Waals surface area contributed by atoms with Gasteiger partial charge in [-0.2, -0.15) is 0 Å². The van der Waals surface area contributed by atoms with Crippen molar-refractivity contribution in [2.75, 3.05) is 39.9 Å². The lowest BCUT2D eigenvalue weighted by Gasteiger charge is -2.33. The predicted octanol–water partition coefficient (Wildman–Crippen LogP) is -0.322. The first-order valence-corrected chi connectivity index (χ1v) is 5.19. The Hall–Kier alpha value is -0.160. The summed E-state index contributed by atoms with van der Waals surface area (Å²) in [5.74, 6) is 0. The Morgan fingerprint density at radius 2 is 2.29 bits per heavy atom. The van der Waals surface area contributed by atoms with Crippen molar-refractivity contribution < 1.29 is 9.84 Å². The molecule has 1 aliphatic rings. The van der Waals surface area contributed by atoms with Gasteiger partial charge in [0.1, 0.15) is 0 Å². The molecule has 0 aromatic rings. The van der Waals surface area contributed by atoms with Crippen molar-refractivity contribution in [3.63, 3.8) is 0 Å². The van der Waals surface area contributed by atoms with Crippen LogP contribution in [-0.4, -0.2) is 61.5 Å². The Balaban J connectivity index is 2.23. The van der Waals surface area contributed by atoms with Gasteiger partial charge in [0, 0.05) is 25.2 Å². The standard InChI is InChI=1S/C10H22N2O2/c1-10(2,8-13)11-6-9-7-12(3)4-5-14-9/h9,11,13H,4-8H2,1-3H3. The third kappa shape index (κ3) is 3.92. The summed E-state index contributed by atoms with van der Waals surface area (Å²) in [6, 6.07) is 0. The molecule has 0 aromatic heterocycles. The van der Waals surface area contributed by atoms with Crippen LogP contribution in [0.4, 0.5) is 0 Å². The summed E-state index contributed by atoms with van der Waals surface area (Å²) in [5.41, 5.74) is -0.209. The molecule has 84 valence electrons. The molecule has 0 aromatic carbocycles. The topological polar surface area (TPSA) is 44.7 Å². The van der Waals surface area contributed by atoms with Crippen LogP contribution >= 0.6 is 0 Å². The minimum absolute atomic E-state index is 0.148. The van der Waals surface area contributed by atoms with Crippen LogP contribution in [-0.2, 0) is 4.74 Å². The van der Waals surface area contributed by atoms with Crippen molar-refractivity contribution in [2.45, 2.75) is 25.5 Å². The molecule has 0 saturated carbocycles. The van der Waals surface area contributed by atoms with Crippen LogP contribution < -0.4 is 5.32 Å². The van der Waals surface area contributed by atoms with Gasteiger partial charge in [-0.3, -0.25) is 0 Å². The maximum atomic E-state index is 9.06. The highest BCUT2D eigenvalue weighted by Crippen LogP contribution is 2.05. The molecule has 0 spiro atoms. The SMILES string of the molecule is CN1CCOC(CNC(C)(C)CO)C1. The molecule has 0 amide bonds. The molecule has 1 unspecified atom stereocenters. The molecule has 1 saturated heterocycles. The van der Waals surface area contributed by atoms with Gasteiger partial charge in [0.25, 0.3) is 0 Å². The third-order valence-electron chi connectivity index (χ3n) is 2.55. The van der Waals surface area contributed by atoms with Crippen molar-refractivity contribution in [3.05, 3.63) is 0 Å². The molecule has 1 atom stereocenters. The summed E-state index contributed by atoms with van der Waals surface area (Å²) in [7, 11) is 2.10. The van der Waals surface area contributed by atoms with Gasteiger partial charge in [-0.15, -0.1) is 0 Å². The zero-order chi connectivity index (χ0) is 10.6. The van der Waals surface area contributed by atoms with Crippen LogP contribution in [0.25, 0.3) is 0 Å². The van der Waals surface area contributed by atoms with E-state index in [1.807, 2.05) is 13.8 Å². The van der Waals surface area contributed by atoms with E-state index in [0.29, 0.717) is 0 Å². The Bertz CT molecular complexity index is 174. The van der Waals surface area contributed by atoms with Gasteiger partial charge in [0.05, 0.1) is 19.3 Å². The third-order valence-corrected chi connectivity index (χ3v) is 2.55. The first-order valence-electron chi connectivity index (χ1n) is 5.19. The normalized spacial score (nSPS) is 25.3. The summed E-state index contributed by atoms with van der Waals surface area (Å²) < 4.78 is 5.60. The number of nitrogens with zero attached hydrogens (tertiary/aromatic N) is 1. The molecule has 2 N–H and O–H groups in total. The molecule has 4 nitrogen and oxygen atoms in total. The van der Waals surface area contributed by atoms with Crippen LogP contribution in [0, 0.1) is 0 Å². The molecule has 1 aliphatic heterocycles. The number of aliphatic hydroxyl groups excluding tert-OH is 1. The Morgan fingerprint density at radius 1 is 1.57 bits per heavy atom. The average Bonchev–Trinajstić information content (AvgIpc) is 2.15. The van der Waals surface area contributed by atoms with Crippen LogP contribution in [0.15, 0.2) is 0 Å². The first kappa shape index (κ1) is 11.9. The number of nitrogens with one attached hydrogen (secondary N) is 1. The van der Waals surface area contributed by atoms with Crippen molar-refractivity contribution in [3.8, 4) is 0 Å². The van der Waals surface area contributed by atoms with E-state index in [0.717, 1.165) is 26.2 Å². The van der Waals surface area contributed by atoms with Crippen LogP contribution in [0.3, 0.4) is 0 Å². The second kappa shape index (κ2) is 5.07. The molecule has 0 bridgehead atoms. The summed E-state index contributed by atoms with van der Waals surface area (Å²) in [6.45, 7) is 7.71. The fourth-order valence-electron chi connectivity index (χ4n) is 1.44. The van der Waals surface area contributed by atoms with Gasteiger partial charge < -0.3 is 20.1 Å². The second-order valence-corrected chi connectivity index (χ2v) is 4.68. The molecule has 0 radical (unpaired) electrons. The van der Waals surface area contributed by atoms with E-state index in [-0.39, 0.29) is 18.2 Å². The van der Waals surface area contributed by atoms with Gasteiger partial charge in [-0.05, 0) is 20.9 Å². The highest BCUT2D eigenvalue weighted by atomic mass is 16.5. The van der Waals surface area contributed by atoms with Crippen molar-refractivity contribution >= 4 is 0 Å². The molecule has 14 heavy (non-hydrogen) atoms. The number of likely N-dealkylation sites (N-methyl/N-ethyl adjacent to an activating group) is 1. The molecule has 1 rings (SSSR count). The van der Waals surface area contributed by atoms with E-state index < -0.39 is 0 Å². The van der Waals surface area contributed by atoms with Gasteiger partial charge in [-0.1, -0.05) is 0 Å². The summed E-state index contributed by atoms with van der Waals surface area (Å²) >= 11 is 0. The van der Waals surface area contributed by atoms with Gasteiger partial charge >= 0.3 is 0 Å². The lowest BCUT2D eigenvalue weighted by molar-refractivity contribution is -0.0223. The first-order chi connectivity index (χ1) is 6.53. The monoisotopic (exact) mass is 202 g/mol. The number of aliphatic hydroxyl groups is 1. The molecule has 4 heteroatoms. The number of morpholine rings is 1. The van der Waals surface area contributed by atoms with Crippen molar-refractivity contribution in [1.82, 2.24) is 10.2 Å². The van der Waals surface area contributed by atoms with Gasteiger partial charge in [0.2, 0.25) is 0 Å². The fourth-order valence-corrected chi connectivity index (χ4v) is 1.44. The summed E-state index contributed by atoms with van der Waals surface area (Å²) in [6.07, 6.45) is 0.250. The molecule has 0 aliphatic carbocycles.